The molecule has 0 saturated heterocycles. The second-order valence-electron chi connectivity index (χ2n) is 15.6. The number of thiazole rings is 1. The Balaban J connectivity index is 1.12. The number of pyridine rings is 1. The Kier molecular flexibility index (Phi) is 11.2. The largest absolute Gasteiger partial charge is 0.490 e. The molecule has 0 unspecified atom stereocenters. The van der Waals surface area contributed by atoms with Gasteiger partial charge in [-0.05, 0) is 137 Å². The second-order valence-corrected chi connectivity index (χ2v) is 16.6. The molecular formula is C44H48N4O6S. The minimum Gasteiger partial charge on any atom is -0.490 e. The normalized spacial score (nSPS) is 17.1. The molecule has 2 aromatic heterocycles. The van der Waals surface area contributed by atoms with Gasteiger partial charge in [-0.15, -0.1) is 0 Å². The number of para-hydroxylation sites is 1. The lowest BCUT2D eigenvalue weighted by molar-refractivity contribution is -0.137. The molecule has 11 heteroatoms. The number of benzene rings is 3. The molecular weight excluding hydrogens is 713 g/mol. The maximum atomic E-state index is 13.9. The van der Waals surface area contributed by atoms with Gasteiger partial charge in [0.2, 0.25) is 0 Å². The van der Waals surface area contributed by atoms with E-state index in [0.717, 1.165) is 70.3 Å². The van der Waals surface area contributed by atoms with Crippen LogP contribution >= 0.6 is 11.3 Å². The van der Waals surface area contributed by atoms with Gasteiger partial charge in [0.1, 0.15) is 17.2 Å². The minimum absolute atomic E-state index is 0.0747. The molecule has 0 atom stereocenters. The van der Waals surface area contributed by atoms with Crippen molar-refractivity contribution in [3.8, 4) is 16.9 Å². The van der Waals surface area contributed by atoms with Gasteiger partial charge in [0, 0.05) is 30.6 Å². The number of ether oxygens (including phenoxy) is 2. The summed E-state index contributed by atoms with van der Waals surface area (Å²) < 4.78 is 13.5. The Morgan fingerprint density at radius 3 is 2.47 bits per heavy atom. The Morgan fingerprint density at radius 1 is 0.927 bits per heavy atom. The summed E-state index contributed by atoms with van der Waals surface area (Å²) >= 11 is 1.45. The van der Waals surface area contributed by atoms with Crippen LogP contribution in [0.4, 0.5) is 10.9 Å². The summed E-state index contributed by atoms with van der Waals surface area (Å²) in [5, 5.41) is 12.6. The third-order valence-corrected chi connectivity index (χ3v) is 11.4. The zero-order chi connectivity index (χ0) is 38.7. The number of carboxylic acids is 1. The Labute approximate surface area is 325 Å². The smallest absolute Gasteiger partial charge is 0.358 e. The molecule has 2 aliphatic rings. The molecule has 0 spiro atoms. The van der Waals surface area contributed by atoms with E-state index in [-0.39, 0.29) is 24.1 Å². The van der Waals surface area contributed by atoms with Crippen molar-refractivity contribution in [2.45, 2.75) is 97.3 Å². The van der Waals surface area contributed by atoms with Crippen molar-refractivity contribution in [2.75, 3.05) is 16.8 Å². The van der Waals surface area contributed by atoms with Gasteiger partial charge in [-0.3, -0.25) is 14.9 Å². The number of hydrogen-bond donors (Lipinski definition) is 2. The van der Waals surface area contributed by atoms with E-state index < -0.39 is 17.5 Å². The fourth-order valence-corrected chi connectivity index (χ4v) is 8.56. The standard InChI is InChI=1S/C44H48N4O6S/c1-27-31(12-9-15-36(27)53-30-20-18-28(19-21-30)10-7-17-39(49)50)32-22-23-38(46-40(32)42(52)54-44(2,3)4)48-25-24-29-11-8-13-33(34(29)26-48)41(51)47-43-45-35-14-5-6-16-37(35)55-43/h5-6,8-9,11-16,22-23,28,30H,7,10,17-21,24-26H2,1-4H3,(H,49,50)(H,45,47,51)/t28-,30+. The van der Waals surface area contributed by atoms with Gasteiger partial charge < -0.3 is 19.5 Å². The molecule has 1 amide bonds. The van der Waals surface area contributed by atoms with E-state index in [2.05, 4.69) is 21.3 Å². The Morgan fingerprint density at radius 2 is 1.71 bits per heavy atom. The number of esters is 1. The number of hydrogen-bond acceptors (Lipinski definition) is 9. The maximum absolute atomic E-state index is 13.9. The van der Waals surface area contributed by atoms with E-state index in [1.807, 2.05) is 94.4 Å². The molecule has 7 rings (SSSR count). The summed E-state index contributed by atoms with van der Waals surface area (Å²) in [7, 11) is 0. The zero-order valence-electron chi connectivity index (χ0n) is 31.9. The van der Waals surface area contributed by atoms with Gasteiger partial charge in [-0.1, -0.05) is 47.7 Å². The summed E-state index contributed by atoms with van der Waals surface area (Å²) in [6.07, 6.45) is 6.56. The van der Waals surface area contributed by atoms with E-state index in [0.29, 0.717) is 53.9 Å². The molecule has 5 aromatic rings. The van der Waals surface area contributed by atoms with Crippen LogP contribution in [0, 0.1) is 12.8 Å². The first-order chi connectivity index (χ1) is 26.4. The monoisotopic (exact) mass is 760 g/mol. The van der Waals surface area contributed by atoms with Crippen molar-refractivity contribution < 1.29 is 29.0 Å². The molecule has 3 heterocycles. The van der Waals surface area contributed by atoms with Crippen LogP contribution in [-0.4, -0.2) is 51.2 Å². The number of carbonyl (C=O) groups is 3. The third-order valence-electron chi connectivity index (χ3n) is 10.5. The Bertz CT molecular complexity index is 2180. The number of carboxylic acid groups (broad SMARTS) is 1. The summed E-state index contributed by atoms with van der Waals surface area (Å²) in [5.74, 6) is 0.481. The molecule has 1 saturated carbocycles. The van der Waals surface area contributed by atoms with Gasteiger partial charge in [0.25, 0.3) is 5.91 Å². The highest BCUT2D eigenvalue weighted by molar-refractivity contribution is 7.22. The maximum Gasteiger partial charge on any atom is 0.358 e. The second kappa shape index (κ2) is 16.2. The van der Waals surface area contributed by atoms with Crippen LogP contribution in [0.15, 0.2) is 72.8 Å². The lowest BCUT2D eigenvalue weighted by atomic mass is 9.84. The van der Waals surface area contributed by atoms with Gasteiger partial charge in [-0.25, -0.2) is 14.8 Å². The number of rotatable bonds is 11. The van der Waals surface area contributed by atoms with Crippen molar-refractivity contribution in [2.24, 2.45) is 5.92 Å². The molecule has 2 N–H and O–H groups in total. The van der Waals surface area contributed by atoms with Crippen LogP contribution in [0.25, 0.3) is 21.3 Å². The number of anilines is 2. The Hall–Kier alpha value is -5.29. The molecule has 0 radical (unpaired) electrons. The van der Waals surface area contributed by atoms with E-state index in [1.54, 1.807) is 0 Å². The van der Waals surface area contributed by atoms with Crippen LogP contribution in [0.5, 0.6) is 5.75 Å². The highest BCUT2D eigenvalue weighted by Gasteiger charge is 2.29. The van der Waals surface area contributed by atoms with E-state index >= 15 is 0 Å². The molecule has 0 bridgehead atoms. The molecule has 1 aliphatic carbocycles. The molecule has 3 aromatic carbocycles. The van der Waals surface area contributed by atoms with Crippen molar-refractivity contribution in [1.29, 1.82) is 0 Å². The predicted molar refractivity (Wildman–Crippen MR) is 216 cm³/mol. The first kappa shape index (κ1) is 38.0. The van der Waals surface area contributed by atoms with Gasteiger partial charge in [0.15, 0.2) is 10.8 Å². The van der Waals surface area contributed by atoms with Gasteiger partial charge in [-0.2, -0.15) is 0 Å². The lowest BCUT2D eigenvalue weighted by Crippen LogP contribution is -2.33. The summed E-state index contributed by atoms with van der Waals surface area (Å²) in [5.41, 5.74) is 5.39. The van der Waals surface area contributed by atoms with Crippen molar-refractivity contribution in [3.05, 3.63) is 101 Å². The number of aromatic nitrogens is 2. The summed E-state index contributed by atoms with van der Waals surface area (Å²) in [6, 6.07) is 23.4. The number of amides is 1. The third kappa shape index (κ3) is 8.99. The quantitative estimate of drug-likeness (QED) is 0.126. The van der Waals surface area contributed by atoms with Crippen LogP contribution in [0.3, 0.4) is 0 Å². The van der Waals surface area contributed by atoms with Crippen LogP contribution in [0.1, 0.15) is 103 Å². The molecule has 10 nitrogen and oxygen atoms in total. The fourth-order valence-electron chi connectivity index (χ4n) is 7.70. The van der Waals surface area contributed by atoms with Crippen molar-refractivity contribution >= 4 is 50.3 Å². The van der Waals surface area contributed by atoms with Crippen LogP contribution < -0.4 is 15.0 Å². The van der Waals surface area contributed by atoms with E-state index in [1.165, 1.54) is 11.3 Å². The first-order valence-electron chi connectivity index (χ1n) is 19.2. The summed E-state index contributed by atoms with van der Waals surface area (Å²) in [6.45, 7) is 8.66. The number of aliphatic carboxylic acids is 1. The van der Waals surface area contributed by atoms with Crippen LogP contribution in [0.2, 0.25) is 0 Å². The average molecular weight is 761 g/mol. The minimum atomic E-state index is -0.735. The zero-order valence-corrected chi connectivity index (χ0v) is 32.7. The van der Waals surface area contributed by atoms with Crippen LogP contribution in [-0.2, 0) is 22.5 Å². The fraction of sp³-hybridized carbons (Fsp3) is 0.386. The van der Waals surface area contributed by atoms with E-state index in [4.69, 9.17) is 19.6 Å². The van der Waals surface area contributed by atoms with Gasteiger partial charge in [0.05, 0.1) is 16.3 Å². The SMILES string of the molecule is Cc1c(O[C@H]2CC[C@@H](CCCC(=O)O)CC2)cccc1-c1ccc(N2CCc3cccc(C(=O)Nc4nc5ccccc5s4)c3C2)nc1C(=O)OC(C)(C)C. The number of nitrogens with zero attached hydrogens (tertiary/aromatic N) is 3. The lowest BCUT2D eigenvalue weighted by Gasteiger charge is -2.31. The first-order valence-corrected chi connectivity index (χ1v) is 20.0. The summed E-state index contributed by atoms with van der Waals surface area (Å²) in [4.78, 5) is 50.2. The average Bonchev–Trinajstić information content (AvgIpc) is 3.57. The predicted octanol–water partition coefficient (Wildman–Crippen LogP) is 9.63. The van der Waals surface area contributed by atoms with Crippen molar-refractivity contribution in [3.63, 3.8) is 0 Å². The highest BCUT2D eigenvalue weighted by atomic mass is 32.1. The topological polar surface area (TPSA) is 131 Å². The molecule has 1 fully saturated rings. The van der Waals surface area contributed by atoms with Crippen molar-refractivity contribution in [1.82, 2.24) is 9.97 Å². The number of carbonyl (C=O) groups excluding carboxylic acids is 2. The van der Waals surface area contributed by atoms with E-state index in [9.17, 15) is 14.4 Å². The molecule has 55 heavy (non-hydrogen) atoms. The molecule has 1 aliphatic heterocycles. The van der Waals surface area contributed by atoms with Gasteiger partial charge >= 0.3 is 11.9 Å². The number of nitrogens with one attached hydrogen (secondary N) is 1. The highest BCUT2D eigenvalue weighted by Crippen LogP contribution is 2.37. The number of fused-ring (bicyclic) bond motifs is 2. The molecule has 286 valence electrons.